The van der Waals surface area contributed by atoms with E-state index in [-0.39, 0.29) is 0 Å². The Kier molecular flexibility index (Phi) is 4.03. The van der Waals surface area contributed by atoms with Crippen molar-refractivity contribution in [2.24, 2.45) is 0 Å². The number of hydrogen-bond donors (Lipinski definition) is 0. The normalized spacial score (nSPS) is 11.4. The van der Waals surface area contributed by atoms with E-state index in [9.17, 15) is 0 Å². The highest BCUT2D eigenvalue weighted by Crippen LogP contribution is 2.34. The van der Waals surface area contributed by atoms with Crippen molar-refractivity contribution < 1.29 is 4.42 Å². The van der Waals surface area contributed by atoms with Gasteiger partial charge in [0.1, 0.15) is 11.2 Å². The van der Waals surface area contributed by atoms with Crippen molar-refractivity contribution in [2.75, 3.05) is 11.9 Å². The Morgan fingerprint density at radius 1 is 0.548 bits per heavy atom. The highest BCUT2D eigenvalue weighted by atomic mass is 16.3. The van der Waals surface area contributed by atoms with Crippen LogP contribution in [-0.2, 0) is 0 Å². The number of furan rings is 1. The SMILES string of the molecule is CN(c1ccc(-c2ccc3oc4ccccc4c3c2)cc1)c1cccc2ccccc12. The third-order valence-corrected chi connectivity index (χ3v) is 6.09. The zero-order valence-electron chi connectivity index (χ0n) is 17.2. The van der Waals surface area contributed by atoms with E-state index in [0.29, 0.717) is 0 Å². The molecule has 0 radical (unpaired) electrons. The second-order valence-corrected chi connectivity index (χ2v) is 7.91. The van der Waals surface area contributed by atoms with Gasteiger partial charge in [-0.3, -0.25) is 0 Å². The molecule has 0 atom stereocenters. The van der Waals surface area contributed by atoms with E-state index in [0.717, 1.165) is 27.6 Å². The van der Waals surface area contributed by atoms with Crippen molar-refractivity contribution in [1.29, 1.82) is 0 Å². The molecule has 6 aromatic rings. The first-order valence-electron chi connectivity index (χ1n) is 10.5. The molecule has 0 saturated carbocycles. The van der Waals surface area contributed by atoms with Crippen molar-refractivity contribution in [2.45, 2.75) is 0 Å². The molecule has 5 aromatic carbocycles. The van der Waals surface area contributed by atoms with E-state index in [4.69, 9.17) is 4.42 Å². The average molecular weight is 399 g/mol. The summed E-state index contributed by atoms with van der Waals surface area (Å²) in [5, 5.41) is 4.83. The van der Waals surface area contributed by atoms with Crippen LogP contribution < -0.4 is 4.90 Å². The predicted molar refractivity (Wildman–Crippen MR) is 131 cm³/mol. The maximum Gasteiger partial charge on any atom is 0.135 e. The number of fused-ring (bicyclic) bond motifs is 4. The van der Waals surface area contributed by atoms with Crippen molar-refractivity contribution >= 4 is 44.1 Å². The third kappa shape index (κ3) is 2.96. The van der Waals surface area contributed by atoms with Crippen LogP contribution in [0.1, 0.15) is 0 Å². The summed E-state index contributed by atoms with van der Waals surface area (Å²) in [6, 6.07) is 38.4. The van der Waals surface area contributed by atoms with Crippen molar-refractivity contribution in [1.82, 2.24) is 0 Å². The standard InChI is InChI=1S/C29H21NO/c1-30(27-11-6-8-21-7-2-3-9-24(21)27)23-16-13-20(14-17-23)22-15-18-29-26(19-22)25-10-4-5-12-28(25)31-29/h2-19H,1H3. The quantitative estimate of drug-likeness (QED) is 0.298. The largest absolute Gasteiger partial charge is 0.456 e. The molecule has 2 nitrogen and oxygen atoms in total. The van der Waals surface area contributed by atoms with Gasteiger partial charge in [-0.2, -0.15) is 0 Å². The topological polar surface area (TPSA) is 16.4 Å². The zero-order valence-corrected chi connectivity index (χ0v) is 17.2. The lowest BCUT2D eigenvalue weighted by molar-refractivity contribution is 0.669. The summed E-state index contributed by atoms with van der Waals surface area (Å²) < 4.78 is 5.97. The number of benzene rings is 5. The minimum absolute atomic E-state index is 0.928. The monoisotopic (exact) mass is 399 g/mol. The molecule has 0 amide bonds. The van der Waals surface area contributed by atoms with Crippen LogP contribution in [0.2, 0.25) is 0 Å². The van der Waals surface area contributed by atoms with Gasteiger partial charge in [-0.25, -0.2) is 0 Å². The van der Waals surface area contributed by atoms with Gasteiger partial charge in [-0.15, -0.1) is 0 Å². The van der Waals surface area contributed by atoms with Crippen LogP contribution in [-0.4, -0.2) is 7.05 Å². The molecular weight excluding hydrogens is 378 g/mol. The van der Waals surface area contributed by atoms with Gasteiger partial charge in [0.2, 0.25) is 0 Å². The van der Waals surface area contributed by atoms with Crippen molar-refractivity contribution in [3.63, 3.8) is 0 Å². The first-order chi connectivity index (χ1) is 15.3. The number of anilines is 2. The Bertz CT molecular complexity index is 1540. The van der Waals surface area contributed by atoms with Crippen LogP contribution in [0, 0.1) is 0 Å². The molecule has 0 fully saturated rings. The first kappa shape index (κ1) is 17.8. The minimum atomic E-state index is 0.928. The Labute approximate surface area is 181 Å². The summed E-state index contributed by atoms with van der Waals surface area (Å²) in [7, 11) is 2.13. The fourth-order valence-electron chi connectivity index (χ4n) is 4.42. The molecule has 148 valence electrons. The second kappa shape index (κ2) is 7.03. The maximum absolute atomic E-state index is 5.97. The van der Waals surface area contributed by atoms with E-state index >= 15 is 0 Å². The summed E-state index contributed by atoms with van der Waals surface area (Å²) in [5.74, 6) is 0. The number of para-hydroxylation sites is 1. The van der Waals surface area contributed by atoms with Crippen LogP contribution in [0.15, 0.2) is 114 Å². The fourth-order valence-corrected chi connectivity index (χ4v) is 4.42. The van der Waals surface area contributed by atoms with Crippen molar-refractivity contribution in [3.05, 3.63) is 109 Å². The van der Waals surface area contributed by atoms with Gasteiger partial charge in [0, 0.05) is 34.6 Å². The molecule has 0 aliphatic heterocycles. The lowest BCUT2D eigenvalue weighted by Gasteiger charge is -2.22. The smallest absolute Gasteiger partial charge is 0.135 e. The van der Waals surface area contributed by atoms with Crippen LogP contribution in [0.25, 0.3) is 43.8 Å². The summed E-state index contributed by atoms with van der Waals surface area (Å²) in [6.45, 7) is 0. The van der Waals surface area contributed by atoms with Gasteiger partial charge in [-0.1, -0.05) is 72.8 Å². The van der Waals surface area contributed by atoms with Gasteiger partial charge in [-0.05, 0) is 52.9 Å². The van der Waals surface area contributed by atoms with E-state index in [1.807, 2.05) is 12.1 Å². The molecule has 0 spiro atoms. The van der Waals surface area contributed by atoms with Crippen LogP contribution >= 0.6 is 0 Å². The molecule has 1 heterocycles. The molecule has 0 aliphatic rings. The first-order valence-corrected chi connectivity index (χ1v) is 10.5. The Balaban J connectivity index is 1.38. The minimum Gasteiger partial charge on any atom is -0.456 e. The summed E-state index contributed by atoms with van der Waals surface area (Å²) >= 11 is 0. The van der Waals surface area contributed by atoms with Crippen LogP contribution in [0.4, 0.5) is 11.4 Å². The van der Waals surface area contributed by atoms with Crippen LogP contribution in [0.5, 0.6) is 0 Å². The molecule has 0 unspecified atom stereocenters. The van der Waals surface area contributed by atoms with Crippen LogP contribution in [0.3, 0.4) is 0 Å². The third-order valence-electron chi connectivity index (χ3n) is 6.09. The second-order valence-electron chi connectivity index (χ2n) is 7.91. The molecule has 0 N–H and O–H groups in total. The summed E-state index contributed by atoms with van der Waals surface area (Å²) in [6.07, 6.45) is 0. The Morgan fingerprint density at radius 3 is 2.10 bits per heavy atom. The average Bonchev–Trinajstić information content (AvgIpc) is 3.21. The number of rotatable bonds is 3. The molecule has 31 heavy (non-hydrogen) atoms. The van der Waals surface area contributed by atoms with E-state index in [2.05, 4.69) is 109 Å². The van der Waals surface area contributed by atoms with E-state index < -0.39 is 0 Å². The van der Waals surface area contributed by atoms with Gasteiger partial charge < -0.3 is 9.32 Å². The molecule has 1 aromatic heterocycles. The van der Waals surface area contributed by atoms with E-state index in [1.54, 1.807) is 0 Å². The number of hydrogen-bond acceptors (Lipinski definition) is 2. The zero-order chi connectivity index (χ0) is 20.8. The molecule has 2 heteroatoms. The van der Waals surface area contributed by atoms with Crippen molar-refractivity contribution in [3.8, 4) is 11.1 Å². The Morgan fingerprint density at radius 2 is 1.23 bits per heavy atom. The maximum atomic E-state index is 5.97. The van der Waals surface area contributed by atoms with Gasteiger partial charge in [0.05, 0.1) is 0 Å². The molecule has 0 bridgehead atoms. The lowest BCUT2D eigenvalue weighted by atomic mass is 10.0. The fraction of sp³-hybridized carbons (Fsp3) is 0.0345. The predicted octanol–water partition coefficient (Wildman–Crippen LogP) is 8.17. The number of nitrogens with zero attached hydrogens (tertiary/aromatic N) is 1. The molecule has 6 rings (SSSR count). The molecule has 0 saturated heterocycles. The highest BCUT2D eigenvalue weighted by Gasteiger charge is 2.10. The van der Waals surface area contributed by atoms with Gasteiger partial charge in [0.15, 0.2) is 0 Å². The van der Waals surface area contributed by atoms with E-state index in [1.165, 1.54) is 27.6 Å². The highest BCUT2D eigenvalue weighted by molar-refractivity contribution is 6.06. The Hall–Kier alpha value is -4.04. The summed E-state index contributed by atoms with van der Waals surface area (Å²) in [4.78, 5) is 2.25. The lowest BCUT2D eigenvalue weighted by Crippen LogP contribution is -2.09. The van der Waals surface area contributed by atoms with Gasteiger partial charge in [0.25, 0.3) is 0 Å². The van der Waals surface area contributed by atoms with Gasteiger partial charge >= 0.3 is 0 Å². The summed E-state index contributed by atoms with van der Waals surface area (Å²) in [5.41, 5.74) is 6.62. The molecular formula is C29H21NO. The molecule has 0 aliphatic carbocycles.